The molecular weight excluding hydrogens is 812 g/mol. The van der Waals surface area contributed by atoms with Gasteiger partial charge in [-0.1, -0.05) is 119 Å². The first-order chi connectivity index (χ1) is 27.3. The third kappa shape index (κ3) is 10.8. The van der Waals surface area contributed by atoms with Crippen LogP contribution in [0.5, 0.6) is 5.75 Å². The van der Waals surface area contributed by atoms with Crippen molar-refractivity contribution in [3.05, 3.63) is 95.2 Å². The van der Waals surface area contributed by atoms with Gasteiger partial charge in [0.2, 0.25) is 16.6 Å². The minimum atomic E-state index is -4.70. The Balaban J connectivity index is 1.63. The van der Waals surface area contributed by atoms with Crippen LogP contribution in [0.4, 0.5) is 18.0 Å². The summed E-state index contributed by atoms with van der Waals surface area (Å²) in [7, 11) is -9.02. The van der Waals surface area contributed by atoms with Crippen LogP contribution < -0.4 is 9.46 Å². The van der Waals surface area contributed by atoms with E-state index in [-0.39, 0.29) is 35.2 Å². The summed E-state index contributed by atoms with van der Waals surface area (Å²) >= 11 is 0. The molecule has 1 heterocycles. The zero-order valence-corrected chi connectivity index (χ0v) is 39.5. The van der Waals surface area contributed by atoms with Crippen LogP contribution in [0.1, 0.15) is 105 Å². The SMILES string of the molecule is Cc1ccc(-c2cc(C(F)(F)F)nn2-c2ccc(S(=O)(=O)NC(=O)Oc3cc(CO[Si](C(C)C)(C(C)C)C(C)C)cc(CO[Si](C(C)C)(C(C)C)C(C)C)c3)cc2)cc1. The molecule has 1 aromatic heterocycles. The fourth-order valence-corrected chi connectivity index (χ4v) is 20.8. The lowest BCUT2D eigenvalue weighted by Gasteiger charge is -2.42. The first kappa shape index (κ1) is 47.9. The topological polar surface area (TPSA) is 109 Å². The number of sulfonamides is 1. The van der Waals surface area contributed by atoms with Crippen LogP contribution in [0.2, 0.25) is 33.2 Å². The number of benzene rings is 3. The molecule has 0 aliphatic carbocycles. The second-order valence-corrected chi connectivity index (χ2v) is 30.0. The predicted molar refractivity (Wildman–Crippen MR) is 233 cm³/mol. The van der Waals surface area contributed by atoms with E-state index in [1.54, 1.807) is 36.4 Å². The number of carbonyl (C=O) groups excluding carboxylic acids is 1. The van der Waals surface area contributed by atoms with Crippen LogP contribution in [0.3, 0.4) is 0 Å². The van der Waals surface area contributed by atoms with Crippen LogP contribution >= 0.6 is 0 Å². The molecule has 0 aliphatic rings. The first-order valence-corrected chi connectivity index (χ1v) is 26.1. The van der Waals surface area contributed by atoms with E-state index >= 15 is 0 Å². The number of amides is 1. The summed E-state index contributed by atoms with van der Waals surface area (Å²) in [6, 6.07) is 18.3. The number of rotatable bonds is 17. The highest BCUT2D eigenvalue weighted by Crippen LogP contribution is 2.44. The van der Waals surface area contributed by atoms with Gasteiger partial charge in [0.05, 0.1) is 29.5 Å². The smallest absolute Gasteiger partial charge is 0.412 e. The Bertz CT molecular complexity index is 2050. The molecule has 4 rings (SSSR count). The van der Waals surface area contributed by atoms with Gasteiger partial charge in [0.1, 0.15) is 5.75 Å². The van der Waals surface area contributed by atoms with Gasteiger partial charge in [-0.3, -0.25) is 0 Å². The summed E-state index contributed by atoms with van der Waals surface area (Å²) in [5, 5.41) is 3.79. The summed E-state index contributed by atoms with van der Waals surface area (Å²) in [6.07, 6.45) is -5.93. The largest absolute Gasteiger partial charge is 0.435 e. The van der Waals surface area contributed by atoms with Gasteiger partial charge < -0.3 is 13.6 Å². The van der Waals surface area contributed by atoms with Crippen molar-refractivity contribution in [2.24, 2.45) is 0 Å². The van der Waals surface area contributed by atoms with Crippen LogP contribution in [-0.4, -0.2) is 40.9 Å². The molecule has 4 aromatic rings. The standard InChI is InChI=1S/C44H62F3N3O6SSi2/c1-28(2)58(29(3)4,30(5)6)54-26-35-22-36(27-55-59(31(7)8,32(9)10)33(11)12)24-39(23-35)56-43(51)49-57(52,53)40-20-18-38(19-21-40)50-41(25-42(48-50)44(45,46)47)37-16-14-34(13)15-17-37/h14-25,28-33H,26-27H2,1-13H3,(H,49,51). The molecule has 59 heavy (non-hydrogen) atoms. The second kappa shape index (κ2) is 18.9. The van der Waals surface area contributed by atoms with Gasteiger partial charge in [-0.2, -0.15) is 18.3 Å². The van der Waals surface area contributed by atoms with Crippen molar-refractivity contribution < 1.29 is 40.0 Å². The van der Waals surface area contributed by atoms with Gasteiger partial charge in [-0.05, 0) is 93.8 Å². The van der Waals surface area contributed by atoms with E-state index in [1.807, 2.05) is 17.7 Å². The monoisotopic (exact) mass is 873 g/mol. The summed E-state index contributed by atoms with van der Waals surface area (Å²) in [5.41, 5.74) is 4.29. The van der Waals surface area contributed by atoms with Gasteiger partial charge in [0.15, 0.2) is 5.69 Å². The second-order valence-electron chi connectivity index (χ2n) is 17.4. The Morgan fingerprint density at radius 2 is 1.14 bits per heavy atom. The van der Waals surface area contributed by atoms with Crippen molar-refractivity contribution >= 4 is 32.8 Å². The maximum absolute atomic E-state index is 13.7. The van der Waals surface area contributed by atoms with Crippen LogP contribution in [-0.2, 0) is 38.3 Å². The number of aryl methyl sites for hydroxylation is 1. The molecule has 0 saturated heterocycles. The normalized spacial score (nSPS) is 13.1. The summed E-state index contributed by atoms with van der Waals surface area (Å²) in [6.45, 7) is 28.9. The minimum absolute atomic E-state index is 0.132. The van der Waals surface area contributed by atoms with E-state index in [0.717, 1.165) is 27.4 Å². The molecule has 0 saturated carbocycles. The lowest BCUT2D eigenvalue weighted by Crippen LogP contribution is -2.47. The molecule has 3 aromatic carbocycles. The molecule has 0 aliphatic heterocycles. The van der Waals surface area contributed by atoms with Crippen LogP contribution in [0.15, 0.2) is 77.7 Å². The maximum atomic E-state index is 13.7. The van der Waals surface area contributed by atoms with Gasteiger partial charge in [-0.25, -0.2) is 22.6 Å². The Morgan fingerprint density at radius 3 is 1.54 bits per heavy atom. The van der Waals surface area contributed by atoms with Gasteiger partial charge in [-0.15, -0.1) is 0 Å². The molecule has 9 nitrogen and oxygen atoms in total. The predicted octanol–water partition coefficient (Wildman–Crippen LogP) is 12.7. The highest BCUT2D eigenvalue weighted by Gasteiger charge is 2.46. The number of nitrogens with zero attached hydrogens (tertiary/aromatic N) is 2. The van der Waals surface area contributed by atoms with Crippen molar-refractivity contribution in [1.82, 2.24) is 14.5 Å². The fourth-order valence-electron chi connectivity index (χ4n) is 9.08. The number of carbonyl (C=O) groups is 1. The van der Waals surface area contributed by atoms with Gasteiger partial charge in [0.25, 0.3) is 10.0 Å². The number of halogens is 3. The Kier molecular flexibility index (Phi) is 15.3. The number of hydrogen-bond acceptors (Lipinski definition) is 7. The average Bonchev–Trinajstić information content (AvgIpc) is 3.58. The highest BCUT2D eigenvalue weighted by atomic mass is 32.2. The zero-order chi connectivity index (χ0) is 44.2. The first-order valence-electron chi connectivity index (χ1n) is 20.3. The molecule has 1 N–H and O–H groups in total. The van der Waals surface area contributed by atoms with E-state index < -0.39 is 44.6 Å². The number of aromatic nitrogens is 2. The van der Waals surface area contributed by atoms with E-state index in [2.05, 4.69) is 88.2 Å². The molecule has 0 spiro atoms. The molecule has 324 valence electrons. The van der Waals surface area contributed by atoms with Crippen molar-refractivity contribution in [1.29, 1.82) is 0 Å². The molecule has 0 bridgehead atoms. The Morgan fingerprint density at radius 1 is 0.695 bits per heavy atom. The summed E-state index contributed by atoms with van der Waals surface area (Å²) < 4.78 is 90.7. The maximum Gasteiger partial charge on any atom is 0.435 e. The van der Waals surface area contributed by atoms with E-state index in [1.165, 1.54) is 24.3 Å². The quantitative estimate of drug-likeness (QED) is 0.105. The Labute approximate surface area is 351 Å². The van der Waals surface area contributed by atoms with E-state index in [4.69, 9.17) is 13.6 Å². The fraction of sp³-hybridized carbons (Fsp3) is 0.500. The minimum Gasteiger partial charge on any atom is -0.412 e. The van der Waals surface area contributed by atoms with Crippen molar-refractivity contribution in [3.8, 4) is 22.7 Å². The third-order valence-corrected chi connectivity index (χ3v) is 25.0. The third-order valence-electron chi connectivity index (χ3n) is 11.6. The van der Waals surface area contributed by atoms with Crippen molar-refractivity contribution in [2.45, 2.75) is 148 Å². The lowest BCUT2D eigenvalue weighted by atomic mass is 10.1. The highest BCUT2D eigenvalue weighted by molar-refractivity contribution is 7.90. The zero-order valence-electron chi connectivity index (χ0n) is 36.7. The number of alkyl halides is 3. The van der Waals surface area contributed by atoms with Crippen LogP contribution in [0, 0.1) is 6.92 Å². The number of hydrogen-bond donors (Lipinski definition) is 1. The molecule has 0 radical (unpaired) electrons. The summed E-state index contributed by atoms with van der Waals surface area (Å²) in [5.74, 6) is 0.132. The molecule has 0 fully saturated rings. The molecule has 0 atom stereocenters. The molecule has 15 heteroatoms. The van der Waals surface area contributed by atoms with Crippen molar-refractivity contribution in [3.63, 3.8) is 0 Å². The van der Waals surface area contributed by atoms with Gasteiger partial charge in [0, 0.05) is 5.56 Å². The average molecular weight is 874 g/mol. The summed E-state index contributed by atoms with van der Waals surface area (Å²) in [4.78, 5) is 13.0. The van der Waals surface area contributed by atoms with Gasteiger partial charge >= 0.3 is 12.3 Å². The van der Waals surface area contributed by atoms with E-state index in [9.17, 15) is 26.4 Å². The molecule has 0 unspecified atom stereocenters. The van der Waals surface area contributed by atoms with Crippen LogP contribution in [0.25, 0.3) is 16.9 Å². The molecular formula is C44H62F3N3O6SSi2. The van der Waals surface area contributed by atoms with E-state index in [0.29, 0.717) is 38.8 Å². The number of nitrogens with one attached hydrogen (secondary N) is 1. The lowest BCUT2D eigenvalue weighted by molar-refractivity contribution is -0.141. The Hall–Kier alpha value is -3.77. The van der Waals surface area contributed by atoms with Crippen molar-refractivity contribution in [2.75, 3.05) is 0 Å². The molecule has 1 amide bonds. The number of ether oxygens (including phenoxy) is 1.